The van der Waals surface area contributed by atoms with E-state index in [4.69, 9.17) is 10.5 Å². The summed E-state index contributed by atoms with van der Waals surface area (Å²) < 4.78 is 8.25. The Labute approximate surface area is 164 Å². The predicted molar refractivity (Wildman–Crippen MR) is 109 cm³/mol. The minimum Gasteiger partial charge on any atom is -0.494 e. The summed E-state index contributed by atoms with van der Waals surface area (Å²) in [5.74, 6) is 0.983. The number of thiophene rings is 1. The van der Waals surface area contributed by atoms with Gasteiger partial charge in [-0.2, -0.15) is 11.3 Å². The van der Waals surface area contributed by atoms with Gasteiger partial charge >= 0.3 is 0 Å². The molecular formula is C20H27N3OS2. The maximum Gasteiger partial charge on any atom is 0.119 e. The Hall–Kier alpha value is -1.05. The van der Waals surface area contributed by atoms with E-state index in [1.165, 1.54) is 48.4 Å². The largest absolute Gasteiger partial charge is 0.494 e. The fraction of sp³-hybridized carbons (Fsp3) is 0.500. The topological polar surface area (TPSA) is 41.7 Å². The number of piperidine rings is 1. The maximum atomic E-state index is 6.30. The molecule has 1 unspecified atom stereocenters. The summed E-state index contributed by atoms with van der Waals surface area (Å²) in [5, 5.41) is 4.35. The van der Waals surface area contributed by atoms with Crippen LogP contribution in [-0.4, -0.2) is 35.4 Å². The first-order valence-corrected chi connectivity index (χ1v) is 11.2. The molecule has 2 aliphatic heterocycles. The van der Waals surface area contributed by atoms with E-state index in [0.717, 1.165) is 31.9 Å². The molecule has 1 atom stereocenters. The molecule has 140 valence electrons. The zero-order valence-electron chi connectivity index (χ0n) is 15.1. The van der Waals surface area contributed by atoms with Crippen LogP contribution in [0.5, 0.6) is 5.75 Å². The van der Waals surface area contributed by atoms with Crippen LogP contribution in [0.3, 0.4) is 0 Å². The quantitative estimate of drug-likeness (QED) is 0.558. The van der Waals surface area contributed by atoms with Gasteiger partial charge in [-0.1, -0.05) is 18.6 Å². The van der Waals surface area contributed by atoms with Gasteiger partial charge in [-0.05, 0) is 67.4 Å². The number of ether oxygens (including phenoxy) is 1. The second-order valence-electron chi connectivity index (χ2n) is 7.05. The second kappa shape index (κ2) is 8.76. The Kier molecular flexibility index (Phi) is 6.17. The number of benzene rings is 1. The molecule has 6 heteroatoms. The summed E-state index contributed by atoms with van der Waals surface area (Å²) in [6, 6.07) is 8.58. The molecular weight excluding hydrogens is 362 g/mol. The summed E-state index contributed by atoms with van der Waals surface area (Å²) in [6.07, 6.45) is 5.05. The van der Waals surface area contributed by atoms with Crippen molar-refractivity contribution in [2.24, 2.45) is 5.73 Å². The lowest BCUT2D eigenvalue weighted by Gasteiger charge is -2.26. The van der Waals surface area contributed by atoms with Crippen molar-refractivity contribution in [3.05, 3.63) is 46.2 Å². The third-order valence-electron chi connectivity index (χ3n) is 5.04. The van der Waals surface area contributed by atoms with Crippen LogP contribution in [0.25, 0.3) is 0 Å². The van der Waals surface area contributed by atoms with Crippen LogP contribution < -0.4 is 10.5 Å². The molecule has 4 rings (SSSR count). The third kappa shape index (κ3) is 4.43. The van der Waals surface area contributed by atoms with Crippen LogP contribution in [0.1, 0.15) is 43.0 Å². The Morgan fingerprint density at radius 3 is 2.88 bits per heavy atom. The van der Waals surface area contributed by atoms with E-state index >= 15 is 0 Å². The minimum atomic E-state index is 0.0223. The van der Waals surface area contributed by atoms with Gasteiger partial charge < -0.3 is 10.5 Å². The molecule has 2 aliphatic rings. The highest BCUT2D eigenvalue weighted by Gasteiger charge is 2.28. The number of nitrogens with zero attached hydrogens (tertiary/aromatic N) is 2. The smallest absolute Gasteiger partial charge is 0.119 e. The normalized spacial score (nSPS) is 21.0. The lowest BCUT2D eigenvalue weighted by Crippen LogP contribution is -2.29. The van der Waals surface area contributed by atoms with Gasteiger partial charge in [0.2, 0.25) is 0 Å². The first-order chi connectivity index (χ1) is 12.8. The monoisotopic (exact) mass is 389 g/mol. The van der Waals surface area contributed by atoms with E-state index in [0.29, 0.717) is 0 Å². The van der Waals surface area contributed by atoms with Gasteiger partial charge in [0.05, 0.1) is 12.8 Å². The number of hydrogen-bond acceptors (Lipinski definition) is 6. The highest BCUT2D eigenvalue weighted by Crippen LogP contribution is 2.43. The van der Waals surface area contributed by atoms with Gasteiger partial charge in [0.1, 0.15) is 5.75 Å². The zero-order valence-corrected chi connectivity index (χ0v) is 16.7. The van der Waals surface area contributed by atoms with Crippen LogP contribution >= 0.6 is 23.3 Å². The molecule has 2 aromatic rings. The third-order valence-corrected chi connectivity index (χ3v) is 7.15. The standard InChI is InChI=1S/C20H27N3OS2/c21-20-18-14-25-15-19(18)26-23(20)10-5-11-24-17-7-4-6-16(12-17)13-22-8-2-1-3-9-22/h4,6-7,12,14-15,20H,1-3,5,8-11,13,21H2. The molecule has 0 radical (unpaired) electrons. The summed E-state index contributed by atoms with van der Waals surface area (Å²) in [7, 11) is 0. The average Bonchev–Trinajstić information content (AvgIpc) is 3.23. The molecule has 0 aliphatic carbocycles. The summed E-state index contributed by atoms with van der Waals surface area (Å²) in [5.41, 5.74) is 8.93. The highest BCUT2D eigenvalue weighted by molar-refractivity contribution is 7.97. The SMILES string of the molecule is NC1c2cscc2SN1CCCOc1cccc(CN2CCCCC2)c1. The van der Waals surface area contributed by atoms with Crippen molar-refractivity contribution in [1.29, 1.82) is 0 Å². The van der Waals surface area contributed by atoms with Crippen LogP contribution in [0.2, 0.25) is 0 Å². The van der Waals surface area contributed by atoms with Crippen LogP contribution in [0, 0.1) is 0 Å². The molecule has 1 aromatic heterocycles. The van der Waals surface area contributed by atoms with Gasteiger partial charge in [0.25, 0.3) is 0 Å². The Balaban J connectivity index is 1.21. The highest BCUT2D eigenvalue weighted by atomic mass is 32.2. The van der Waals surface area contributed by atoms with E-state index in [-0.39, 0.29) is 6.17 Å². The van der Waals surface area contributed by atoms with Crippen LogP contribution in [0.4, 0.5) is 0 Å². The molecule has 0 amide bonds. The number of likely N-dealkylation sites (tertiary alicyclic amines) is 1. The fourth-order valence-corrected chi connectivity index (χ4v) is 5.77. The van der Waals surface area contributed by atoms with Crippen molar-refractivity contribution in [3.63, 3.8) is 0 Å². The Morgan fingerprint density at radius 1 is 1.15 bits per heavy atom. The van der Waals surface area contributed by atoms with Crippen molar-refractivity contribution in [2.75, 3.05) is 26.2 Å². The summed E-state index contributed by atoms with van der Waals surface area (Å²) in [6.45, 7) is 5.16. The molecule has 4 nitrogen and oxygen atoms in total. The van der Waals surface area contributed by atoms with Gasteiger partial charge in [-0.3, -0.25) is 4.90 Å². The Bertz CT molecular complexity index is 715. The van der Waals surface area contributed by atoms with Gasteiger partial charge in [-0.15, -0.1) is 0 Å². The summed E-state index contributed by atoms with van der Waals surface area (Å²) >= 11 is 3.51. The summed E-state index contributed by atoms with van der Waals surface area (Å²) in [4.78, 5) is 3.86. The zero-order chi connectivity index (χ0) is 17.8. The molecule has 2 N–H and O–H groups in total. The molecule has 3 heterocycles. The van der Waals surface area contributed by atoms with E-state index in [2.05, 4.69) is 44.2 Å². The van der Waals surface area contributed by atoms with Gasteiger partial charge in [0.15, 0.2) is 0 Å². The lowest BCUT2D eigenvalue weighted by molar-refractivity contribution is 0.220. The van der Waals surface area contributed by atoms with Crippen molar-refractivity contribution < 1.29 is 4.74 Å². The van der Waals surface area contributed by atoms with Gasteiger partial charge in [-0.25, -0.2) is 4.31 Å². The van der Waals surface area contributed by atoms with E-state index in [1.54, 1.807) is 23.3 Å². The molecule has 0 spiro atoms. The molecule has 1 aromatic carbocycles. The number of fused-ring (bicyclic) bond motifs is 1. The molecule has 0 saturated carbocycles. The molecule has 0 bridgehead atoms. The van der Waals surface area contributed by atoms with Crippen molar-refractivity contribution in [2.45, 2.75) is 43.3 Å². The molecule has 1 saturated heterocycles. The number of nitrogens with two attached hydrogens (primary N) is 1. The fourth-order valence-electron chi connectivity index (χ4n) is 3.63. The molecule has 1 fully saturated rings. The second-order valence-corrected chi connectivity index (χ2v) is 8.89. The van der Waals surface area contributed by atoms with Crippen molar-refractivity contribution in [1.82, 2.24) is 9.21 Å². The van der Waals surface area contributed by atoms with Crippen LogP contribution in [0.15, 0.2) is 39.9 Å². The van der Waals surface area contributed by atoms with Crippen molar-refractivity contribution >= 4 is 23.3 Å². The minimum absolute atomic E-state index is 0.0223. The van der Waals surface area contributed by atoms with E-state index in [9.17, 15) is 0 Å². The molecule has 26 heavy (non-hydrogen) atoms. The lowest BCUT2D eigenvalue weighted by atomic mass is 10.1. The average molecular weight is 390 g/mol. The number of hydrogen-bond donors (Lipinski definition) is 1. The van der Waals surface area contributed by atoms with E-state index in [1.807, 2.05) is 0 Å². The number of rotatable bonds is 7. The first-order valence-electron chi connectivity index (χ1n) is 9.50. The van der Waals surface area contributed by atoms with Crippen molar-refractivity contribution in [3.8, 4) is 5.75 Å². The van der Waals surface area contributed by atoms with E-state index < -0.39 is 0 Å². The first kappa shape index (κ1) is 18.3. The Morgan fingerprint density at radius 2 is 2.04 bits per heavy atom. The van der Waals surface area contributed by atoms with Gasteiger partial charge in [0, 0.05) is 28.9 Å². The maximum absolute atomic E-state index is 6.30. The van der Waals surface area contributed by atoms with Crippen LogP contribution in [-0.2, 0) is 6.54 Å². The predicted octanol–water partition coefficient (Wildman–Crippen LogP) is 4.48.